The van der Waals surface area contributed by atoms with E-state index in [-0.39, 0.29) is 22.7 Å². The summed E-state index contributed by atoms with van der Waals surface area (Å²) in [6, 6.07) is 20.4. The number of anilines is 1. The van der Waals surface area contributed by atoms with E-state index in [4.69, 9.17) is 26.6 Å². The van der Waals surface area contributed by atoms with Crippen LogP contribution in [0.15, 0.2) is 84.9 Å². The average molecular weight is 480 g/mol. The fourth-order valence-corrected chi connectivity index (χ4v) is 3.19. The highest BCUT2D eigenvalue weighted by Crippen LogP contribution is 2.25. The topological polar surface area (TPSA) is 121 Å². The summed E-state index contributed by atoms with van der Waals surface area (Å²) in [4.78, 5) is 45.1. The van der Waals surface area contributed by atoms with Crippen molar-refractivity contribution >= 4 is 41.0 Å². The molecule has 0 bridgehead atoms. The third-order valence-corrected chi connectivity index (χ3v) is 4.81. The van der Waals surface area contributed by atoms with Crippen molar-refractivity contribution in [2.24, 2.45) is 0 Å². The van der Waals surface area contributed by atoms with Gasteiger partial charge in [-0.25, -0.2) is 9.69 Å². The number of benzene rings is 3. The van der Waals surface area contributed by atoms with Gasteiger partial charge in [0.1, 0.15) is 11.5 Å². The smallest absolute Gasteiger partial charge is 0.337 e. The fourth-order valence-electron chi connectivity index (χ4n) is 2.99. The number of carbonyl (C=O) groups excluding carboxylic acids is 2. The van der Waals surface area contributed by atoms with Crippen LogP contribution < -0.4 is 9.64 Å². The number of carboxylic acid groups (broad SMARTS) is 2. The second-order valence-electron chi connectivity index (χ2n) is 6.95. The molecule has 2 N–H and O–H groups in total. The first-order valence-corrected chi connectivity index (χ1v) is 10.2. The molecule has 34 heavy (non-hydrogen) atoms. The molecule has 3 aromatic rings. The lowest BCUT2D eigenvalue weighted by molar-refractivity contribution is -0.136. The van der Waals surface area contributed by atoms with Gasteiger partial charge in [-0.2, -0.15) is 0 Å². The Morgan fingerprint density at radius 3 is 2.09 bits per heavy atom. The van der Waals surface area contributed by atoms with Crippen LogP contribution in [0.3, 0.4) is 0 Å². The molecule has 4 rings (SSSR count). The Bertz CT molecular complexity index is 1250. The second kappa shape index (κ2) is 10.9. The number of aliphatic carboxylic acids is 1. The van der Waals surface area contributed by atoms with Gasteiger partial charge >= 0.3 is 11.9 Å². The van der Waals surface area contributed by atoms with Crippen LogP contribution in [0.5, 0.6) is 11.5 Å². The molecule has 1 heterocycles. The van der Waals surface area contributed by atoms with Crippen molar-refractivity contribution in [2.45, 2.75) is 6.42 Å². The molecule has 0 saturated heterocycles. The number of imide groups is 1. The van der Waals surface area contributed by atoms with Crippen molar-refractivity contribution in [1.29, 1.82) is 0 Å². The Kier molecular flexibility index (Phi) is 7.79. The van der Waals surface area contributed by atoms with Gasteiger partial charge in [-0.05, 0) is 48.0 Å². The van der Waals surface area contributed by atoms with E-state index in [1.807, 2.05) is 30.3 Å². The van der Waals surface area contributed by atoms with Gasteiger partial charge in [-0.1, -0.05) is 41.9 Å². The molecule has 2 amide bonds. The van der Waals surface area contributed by atoms with Gasteiger partial charge in [0.15, 0.2) is 0 Å². The minimum atomic E-state index is -1.22. The quantitative estimate of drug-likeness (QED) is 0.496. The summed E-state index contributed by atoms with van der Waals surface area (Å²) in [7, 11) is 0. The molecule has 172 valence electrons. The van der Waals surface area contributed by atoms with Crippen molar-refractivity contribution in [3.63, 3.8) is 0 Å². The van der Waals surface area contributed by atoms with Gasteiger partial charge in [-0.3, -0.25) is 14.4 Å². The first-order valence-electron chi connectivity index (χ1n) is 9.87. The maximum absolute atomic E-state index is 11.4. The van der Waals surface area contributed by atoms with Crippen molar-refractivity contribution in [1.82, 2.24) is 0 Å². The molecular formula is C25H18ClNO7. The van der Waals surface area contributed by atoms with Crippen molar-refractivity contribution in [3.05, 3.63) is 101 Å². The van der Waals surface area contributed by atoms with E-state index in [1.165, 1.54) is 18.2 Å². The lowest BCUT2D eigenvalue weighted by Gasteiger charge is -2.14. The van der Waals surface area contributed by atoms with Crippen molar-refractivity contribution in [3.8, 4) is 11.5 Å². The van der Waals surface area contributed by atoms with Crippen LogP contribution in [-0.4, -0.2) is 34.0 Å². The maximum atomic E-state index is 11.4. The van der Waals surface area contributed by atoms with E-state index >= 15 is 0 Å². The lowest BCUT2D eigenvalue weighted by atomic mass is 10.1. The molecule has 3 aromatic carbocycles. The highest BCUT2D eigenvalue weighted by Gasteiger charge is 2.26. The Hall–Kier alpha value is -4.43. The second-order valence-corrected chi connectivity index (χ2v) is 7.35. The fraction of sp³-hybridized carbons (Fsp3) is 0.0400. The Balaban J connectivity index is 0.000000191. The van der Waals surface area contributed by atoms with Crippen LogP contribution in [0, 0.1) is 0 Å². The van der Waals surface area contributed by atoms with Crippen molar-refractivity contribution < 1.29 is 34.1 Å². The number of aromatic carboxylic acids is 1. The third-order valence-electron chi connectivity index (χ3n) is 4.48. The number of hydrogen-bond donors (Lipinski definition) is 2. The van der Waals surface area contributed by atoms with Crippen LogP contribution in [0.25, 0.3) is 0 Å². The summed E-state index contributed by atoms with van der Waals surface area (Å²) in [6.45, 7) is 0. The number of hydrogen-bond acceptors (Lipinski definition) is 5. The number of rotatable bonds is 6. The number of amides is 2. The number of nitrogens with zero attached hydrogens (tertiary/aromatic N) is 1. The van der Waals surface area contributed by atoms with E-state index in [0.717, 1.165) is 28.4 Å². The number of ether oxygens (including phenoxy) is 1. The molecular weight excluding hydrogens is 462 g/mol. The minimum Gasteiger partial charge on any atom is -0.481 e. The van der Waals surface area contributed by atoms with Gasteiger partial charge in [0.05, 0.1) is 22.7 Å². The zero-order valence-corrected chi connectivity index (χ0v) is 18.3. The monoisotopic (exact) mass is 479 g/mol. The molecule has 1 aliphatic heterocycles. The van der Waals surface area contributed by atoms with Gasteiger partial charge in [0, 0.05) is 12.2 Å². The summed E-state index contributed by atoms with van der Waals surface area (Å²) < 4.78 is 5.61. The highest BCUT2D eigenvalue weighted by molar-refractivity contribution is 6.34. The molecule has 0 unspecified atom stereocenters. The zero-order valence-electron chi connectivity index (χ0n) is 17.6. The molecule has 0 radical (unpaired) electrons. The lowest BCUT2D eigenvalue weighted by Crippen LogP contribution is -2.29. The van der Waals surface area contributed by atoms with Gasteiger partial charge in [0.25, 0.3) is 11.8 Å². The average Bonchev–Trinajstić information content (AvgIpc) is 3.13. The highest BCUT2D eigenvalue weighted by atomic mass is 35.5. The standard InChI is InChI=1S/C14H12O3.C11H6ClNO4/c15-14(16)10-11-5-4-8-13(9-11)17-12-6-2-1-3-7-12;12-8-2-1-6(5-7(8)11(16)17)13-9(14)3-4-10(13)15/h1-9H,10H2,(H,15,16);1-5H,(H,16,17). The van der Waals surface area contributed by atoms with Crippen LogP contribution in [0.1, 0.15) is 15.9 Å². The molecule has 9 heteroatoms. The zero-order chi connectivity index (χ0) is 24.7. The maximum Gasteiger partial charge on any atom is 0.337 e. The molecule has 0 fully saturated rings. The Labute approximate surface area is 199 Å². The van der Waals surface area contributed by atoms with Crippen LogP contribution in [-0.2, 0) is 20.8 Å². The van der Waals surface area contributed by atoms with E-state index in [2.05, 4.69) is 0 Å². The SMILES string of the molecule is O=C(O)Cc1cccc(Oc2ccccc2)c1.O=C(O)c1cc(N2C(=O)C=CC2=O)ccc1Cl. The van der Waals surface area contributed by atoms with E-state index in [0.29, 0.717) is 5.75 Å². The number of carbonyl (C=O) groups is 4. The van der Waals surface area contributed by atoms with Crippen LogP contribution >= 0.6 is 11.6 Å². The molecule has 1 aliphatic rings. The van der Waals surface area contributed by atoms with E-state index in [9.17, 15) is 19.2 Å². The predicted molar refractivity (Wildman–Crippen MR) is 124 cm³/mol. The number of halogens is 1. The summed E-state index contributed by atoms with van der Waals surface area (Å²) in [5.41, 5.74) is 0.759. The summed E-state index contributed by atoms with van der Waals surface area (Å²) in [5.74, 6) is -1.69. The van der Waals surface area contributed by atoms with Gasteiger partial charge < -0.3 is 14.9 Å². The van der Waals surface area contributed by atoms with Crippen molar-refractivity contribution in [2.75, 3.05) is 4.90 Å². The molecule has 0 atom stereocenters. The third kappa shape index (κ3) is 6.30. The first-order chi connectivity index (χ1) is 16.2. The first kappa shape index (κ1) is 24.2. The molecule has 0 spiro atoms. The number of carboxylic acids is 2. The van der Waals surface area contributed by atoms with Gasteiger partial charge in [-0.15, -0.1) is 0 Å². The van der Waals surface area contributed by atoms with Crippen LogP contribution in [0.2, 0.25) is 5.02 Å². The summed E-state index contributed by atoms with van der Waals surface area (Å²) in [5, 5.41) is 17.6. The minimum absolute atomic E-state index is 0.00594. The van der Waals surface area contributed by atoms with E-state index in [1.54, 1.807) is 24.3 Å². The molecule has 0 aliphatic carbocycles. The van der Waals surface area contributed by atoms with E-state index < -0.39 is 23.8 Å². The summed E-state index contributed by atoms with van der Waals surface area (Å²) in [6.07, 6.45) is 2.25. The predicted octanol–water partition coefficient (Wildman–Crippen LogP) is 4.57. The number of para-hydroxylation sites is 1. The Morgan fingerprint density at radius 1 is 0.824 bits per heavy atom. The van der Waals surface area contributed by atoms with Crippen LogP contribution in [0.4, 0.5) is 5.69 Å². The molecule has 0 aromatic heterocycles. The normalized spacial score (nSPS) is 12.2. The van der Waals surface area contributed by atoms with Gasteiger partial charge in [0.2, 0.25) is 0 Å². The molecule has 8 nitrogen and oxygen atoms in total. The summed E-state index contributed by atoms with van der Waals surface area (Å²) >= 11 is 5.69. The largest absolute Gasteiger partial charge is 0.481 e. The Morgan fingerprint density at radius 2 is 1.47 bits per heavy atom. The molecule has 0 saturated carbocycles.